The van der Waals surface area contributed by atoms with E-state index in [1.807, 2.05) is 0 Å². The van der Waals surface area contributed by atoms with E-state index in [2.05, 4.69) is 10.3 Å². The number of rotatable bonds is 4. The summed E-state index contributed by atoms with van der Waals surface area (Å²) >= 11 is 0. The number of carbonyl (C=O) groups is 1. The van der Waals surface area contributed by atoms with E-state index in [4.69, 9.17) is 0 Å². The predicted molar refractivity (Wildman–Crippen MR) is 87.8 cm³/mol. The predicted octanol–water partition coefficient (Wildman–Crippen LogP) is 4.19. The van der Waals surface area contributed by atoms with E-state index in [1.54, 1.807) is 12.3 Å². The maximum Gasteiger partial charge on any atom is 0.254 e. The van der Waals surface area contributed by atoms with Gasteiger partial charge in [-0.3, -0.25) is 4.79 Å². The highest BCUT2D eigenvalue weighted by Crippen LogP contribution is 2.50. The molecule has 134 valence electrons. The van der Waals surface area contributed by atoms with Crippen LogP contribution in [0.15, 0.2) is 36.5 Å². The smallest absolute Gasteiger partial charge is 0.254 e. The second-order valence-electron chi connectivity index (χ2n) is 6.58. The van der Waals surface area contributed by atoms with Gasteiger partial charge in [0.05, 0.1) is 5.56 Å². The van der Waals surface area contributed by atoms with Gasteiger partial charge in [0.25, 0.3) is 5.91 Å². The van der Waals surface area contributed by atoms with Crippen molar-refractivity contribution in [1.82, 2.24) is 10.3 Å². The Morgan fingerprint density at radius 1 is 1.08 bits per heavy atom. The number of carbonyl (C=O) groups excluding carboxylic acids is 1. The second-order valence-corrected chi connectivity index (χ2v) is 6.58. The Balaban J connectivity index is 1.56. The molecule has 1 aromatic heterocycles. The van der Waals surface area contributed by atoms with Gasteiger partial charge < -0.3 is 10.3 Å². The lowest BCUT2D eigenvalue weighted by atomic mass is 9.95. The minimum absolute atomic E-state index is 0.217. The molecule has 3 aromatic rings. The van der Waals surface area contributed by atoms with Gasteiger partial charge >= 0.3 is 0 Å². The molecule has 1 heterocycles. The monoisotopic (exact) mass is 362 g/mol. The number of aromatic nitrogens is 1. The van der Waals surface area contributed by atoms with Crippen LogP contribution < -0.4 is 5.32 Å². The fourth-order valence-electron chi connectivity index (χ4n) is 3.28. The summed E-state index contributed by atoms with van der Waals surface area (Å²) in [7, 11) is 0. The summed E-state index contributed by atoms with van der Waals surface area (Å²) in [5.41, 5.74) is 0.726. The molecule has 3 nitrogen and oxygen atoms in total. The molecular formula is C19H14F4N2O. The van der Waals surface area contributed by atoms with Crippen molar-refractivity contribution in [1.29, 1.82) is 0 Å². The van der Waals surface area contributed by atoms with Crippen molar-refractivity contribution in [2.45, 2.75) is 18.3 Å². The van der Waals surface area contributed by atoms with Gasteiger partial charge in [-0.1, -0.05) is 0 Å². The molecule has 7 heteroatoms. The number of hydrogen-bond acceptors (Lipinski definition) is 1. The van der Waals surface area contributed by atoms with E-state index in [1.165, 1.54) is 12.1 Å². The molecule has 4 rings (SSSR count). The zero-order valence-corrected chi connectivity index (χ0v) is 13.5. The van der Waals surface area contributed by atoms with Crippen LogP contribution in [0.25, 0.3) is 10.9 Å². The molecule has 2 aromatic carbocycles. The normalized spacial score (nSPS) is 15.2. The molecule has 0 spiro atoms. The van der Waals surface area contributed by atoms with Crippen LogP contribution in [0.3, 0.4) is 0 Å². The lowest BCUT2D eigenvalue weighted by Gasteiger charge is -2.16. The summed E-state index contributed by atoms with van der Waals surface area (Å²) in [6, 6.07) is 6.06. The molecule has 1 aliphatic rings. The van der Waals surface area contributed by atoms with Gasteiger partial charge in [-0.25, -0.2) is 17.6 Å². The number of hydrogen-bond donors (Lipinski definition) is 2. The Bertz CT molecular complexity index is 1020. The van der Waals surface area contributed by atoms with Crippen molar-refractivity contribution >= 4 is 16.8 Å². The van der Waals surface area contributed by atoms with E-state index >= 15 is 0 Å². The number of halogens is 4. The van der Waals surface area contributed by atoms with Gasteiger partial charge in [-0.15, -0.1) is 0 Å². The van der Waals surface area contributed by atoms with Crippen molar-refractivity contribution in [3.63, 3.8) is 0 Å². The fraction of sp³-hybridized carbons (Fsp3) is 0.211. The van der Waals surface area contributed by atoms with Crippen LogP contribution in [0.1, 0.15) is 28.8 Å². The minimum atomic E-state index is -1.67. The number of H-pyrrole nitrogens is 1. The van der Waals surface area contributed by atoms with Gasteiger partial charge in [-0.05, 0) is 48.7 Å². The molecular weight excluding hydrogens is 348 g/mol. The molecule has 26 heavy (non-hydrogen) atoms. The van der Waals surface area contributed by atoms with Crippen molar-refractivity contribution in [3.05, 3.63) is 70.9 Å². The summed E-state index contributed by atoms with van der Waals surface area (Å²) in [4.78, 5) is 15.2. The third kappa shape index (κ3) is 2.64. The van der Waals surface area contributed by atoms with Crippen molar-refractivity contribution in [3.8, 4) is 0 Å². The summed E-state index contributed by atoms with van der Waals surface area (Å²) in [6.45, 7) is 0.217. The Kier molecular flexibility index (Phi) is 3.75. The molecule has 0 aliphatic heterocycles. The first-order valence-corrected chi connectivity index (χ1v) is 8.10. The van der Waals surface area contributed by atoms with Crippen LogP contribution in [0.2, 0.25) is 0 Å². The third-order valence-corrected chi connectivity index (χ3v) is 4.94. The molecule has 1 amide bonds. The topological polar surface area (TPSA) is 44.9 Å². The van der Waals surface area contributed by atoms with Crippen LogP contribution >= 0.6 is 0 Å². The highest BCUT2D eigenvalue weighted by atomic mass is 19.2. The maximum atomic E-state index is 13.8. The summed E-state index contributed by atoms with van der Waals surface area (Å²) in [5.74, 6) is -5.67. The van der Waals surface area contributed by atoms with Crippen molar-refractivity contribution in [2.75, 3.05) is 6.54 Å². The quantitative estimate of drug-likeness (QED) is 0.531. The molecule has 0 saturated heterocycles. The first-order valence-electron chi connectivity index (χ1n) is 8.10. The average Bonchev–Trinajstić information content (AvgIpc) is 3.29. The van der Waals surface area contributed by atoms with E-state index in [0.29, 0.717) is 11.6 Å². The van der Waals surface area contributed by atoms with Crippen LogP contribution in [0.5, 0.6) is 0 Å². The molecule has 1 aliphatic carbocycles. The van der Waals surface area contributed by atoms with Crippen LogP contribution in [0.4, 0.5) is 17.6 Å². The van der Waals surface area contributed by atoms with E-state index < -0.39 is 28.9 Å². The van der Waals surface area contributed by atoms with E-state index in [9.17, 15) is 22.4 Å². The van der Waals surface area contributed by atoms with Gasteiger partial charge in [0.15, 0.2) is 17.5 Å². The van der Waals surface area contributed by atoms with E-state index in [0.717, 1.165) is 29.9 Å². The van der Waals surface area contributed by atoms with Crippen LogP contribution in [-0.2, 0) is 5.41 Å². The fourth-order valence-corrected chi connectivity index (χ4v) is 3.28. The van der Waals surface area contributed by atoms with Crippen molar-refractivity contribution in [2.24, 2.45) is 0 Å². The highest BCUT2D eigenvalue weighted by molar-refractivity contribution is 5.94. The molecule has 0 radical (unpaired) electrons. The number of amides is 1. The number of nitrogens with one attached hydrogen (secondary N) is 2. The van der Waals surface area contributed by atoms with Crippen molar-refractivity contribution < 1.29 is 22.4 Å². The number of benzene rings is 2. The van der Waals surface area contributed by atoms with Crippen LogP contribution in [-0.4, -0.2) is 17.4 Å². The largest absolute Gasteiger partial charge is 0.361 e. The Hall–Kier alpha value is -2.83. The van der Waals surface area contributed by atoms with Gasteiger partial charge in [-0.2, -0.15) is 0 Å². The third-order valence-electron chi connectivity index (χ3n) is 4.94. The molecule has 1 fully saturated rings. The molecule has 0 bridgehead atoms. The zero-order chi connectivity index (χ0) is 18.5. The van der Waals surface area contributed by atoms with Gasteiger partial charge in [0, 0.05) is 29.1 Å². The first-order chi connectivity index (χ1) is 12.4. The van der Waals surface area contributed by atoms with Crippen LogP contribution in [0, 0.1) is 23.3 Å². The van der Waals surface area contributed by atoms with Gasteiger partial charge in [0.1, 0.15) is 5.82 Å². The Labute approximate surface area is 146 Å². The first kappa shape index (κ1) is 16.6. The molecule has 1 saturated carbocycles. The van der Waals surface area contributed by atoms with Gasteiger partial charge in [0.2, 0.25) is 0 Å². The second kappa shape index (κ2) is 5.86. The summed E-state index contributed by atoms with van der Waals surface area (Å²) < 4.78 is 53.4. The minimum Gasteiger partial charge on any atom is -0.361 e. The Morgan fingerprint density at radius 2 is 1.85 bits per heavy atom. The molecule has 2 N–H and O–H groups in total. The lowest BCUT2D eigenvalue weighted by Crippen LogP contribution is -2.32. The SMILES string of the molecule is O=C(NCC1(c2c[nH]c3cc(F)ccc23)CC1)c1ccc(F)c(F)c1F. The summed E-state index contributed by atoms with van der Waals surface area (Å²) in [6.07, 6.45) is 3.39. The standard InChI is InChI=1S/C19H14F4N2O/c20-10-1-2-11-13(8-24-15(11)7-10)19(5-6-19)9-25-18(26)12-3-4-14(21)17(23)16(12)22/h1-4,7-8,24H,5-6,9H2,(H,25,26). The lowest BCUT2D eigenvalue weighted by molar-refractivity contribution is 0.0944. The maximum absolute atomic E-state index is 13.8. The summed E-state index contributed by atoms with van der Waals surface area (Å²) in [5, 5.41) is 3.46. The highest BCUT2D eigenvalue weighted by Gasteiger charge is 2.46. The van der Waals surface area contributed by atoms with E-state index in [-0.39, 0.29) is 17.8 Å². The number of fused-ring (bicyclic) bond motifs is 1. The number of aromatic amines is 1. The zero-order valence-electron chi connectivity index (χ0n) is 13.5. The Morgan fingerprint density at radius 3 is 2.58 bits per heavy atom. The molecule has 0 atom stereocenters. The average molecular weight is 362 g/mol. The molecule has 0 unspecified atom stereocenters.